The summed E-state index contributed by atoms with van der Waals surface area (Å²) in [6, 6.07) is 7.86. The van der Waals surface area contributed by atoms with Gasteiger partial charge in [-0.2, -0.15) is 0 Å². The minimum Gasteiger partial charge on any atom is -0.494 e. The Kier molecular flexibility index (Phi) is 3.98. The molecule has 0 unspecified atom stereocenters. The minimum absolute atomic E-state index is 0.171. The second kappa shape index (κ2) is 5.68. The lowest BCUT2D eigenvalue weighted by Crippen LogP contribution is -2.46. The molecule has 0 radical (unpaired) electrons. The van der Waals surface area contributed by atoms with E-state index >= 15 is 0 Å². The predicted octanol–water partition coefficient (Wildman–Crippen LogP) is 1.71. The third kappa shape index (κ3) is 3.20. The summed E-state index contributed by atoms with van der Waals surface area (Å²) in [7, 11) is 0. The van der Waals surface area contributed by atoms with Crippen LogP contribution in [0.2, 0.25) is 0 Å². The van der Waals surface area contributed by atoms with Gasteiger partial charge in [0.25, 0.3) is 0 Å². The van der Waals surface area contributed by atoms with Crippen LogP contribution in [0.1, 0.15) is 25.3 Å². The van der Waals surface area contributed by atoms with Crippen molar-refractivity contribution in [3.05, 3.63) is 29.8 Å². The van der Waals surface area contributed by atoms with Crippen molar-refractivity contribution in [3.63, 3.8) is 0 Å². The smallest absolute Gasteiger partial charge is 0.237 e. The van der Waals surface area contributed by atoms with E-state index in [0.29, 0.717) is 19.6 Å². The van der Waals surface area contributed by atoms with E-state index in [0.717, 1.165) is 24.3 Å². The van der Waals surface area contributed by atoms with Crippen molar-refractivity contribution in [1.29, 1.82) is 0 Å². The molecule has 1 heterocycles. The molecule has 1 aromatic rings. The Balaban J connectivity index is 1.95. The summed E-state index contributed by atoms with van der Waals surface area (Å²) in [6.45, 7) is 4.13. The normalized spacial score (nSPS) is 16.1. The number of hydrazine groups is 1. The number of nitrogens with zero attached hydrogens (tertiary/aromatic N) is 1. The van der Waals surface area contributed by atoms with E-state index in [-0.39, 0.29) is 5.91 Å². The van der Waals surface area contributed by atoms with Gasteiger partial charge in [-0.25, -0.2) is 5.43 Å². The monoisotopic (exact) mass is 234 g/mol. The summed E-state index contributed by atoms with van der Waals surface area (Å²) >= 11 is 0. The van der Waals surface area contributed by atoms with Crippen LogP contribution in [0.4, 0.5) is 0 Å². The Morgan fingerprint density at radius 2 is 2.12 bits per heavy atom. The van der Waals surface area contributed by atoms with Gasteiger partial charge in [0.15, 0.2) is 0 Å². The number of ether oxygens (including phenoxy) is 1. The molecule has 1 aliphatic rings. The number of benzene rings is 1. The number of hydrogen-bond donors (Lipinski definition) is 1. The second-order valence-corrected chi connectivity index (χ2v) is 4.07. The van der Waals surface area contributed by atoms with Crippen LogP contribution in [-0.4, -0.2) is 24.1 Å². The van der Waals surface area contributed by atoms with Crippen molar-refractivity contribution in [3.8, 4) is 5.75 Å². The fourth-order valence-electron chi connectivity index (χ4n) is 1.86. The van der Waals surface area contributed by atoms with Gasteiger partial charge in [0, 0.05) is 13.0 Å². The summed E-state index contributed by atoms with van der Waals surface area (Å²) < 4.78 is 5.38. The number of hydrogen-bond acceptors (Lipinski definition) is 3. The molecule has 1 N–H and O–H groups in total. The molecule has 0 spiro atoms. The van der Waals surface area contributed by atoms with Crippen molar-refractivity contribution in [2.24, 2.45) is 0 Å². The number of carbonyl (C=O) groups is 1. The average molecular weight is 234 g/mol. The summed E-state index contributed by atoms with van der Waals surface area (Å²) in [6.07, 6.45) is 1.57. The van der Waals surface area contributed by atoms with Crippen molar-refractivity contribution < 1.29 is 9.53 Å². The van der Waals surface area contributed by atoms with Crippen LogP contribution < -0.4 is 10.2 Å². The molecule has 1 aromatic carbocycles. The van der Waals surface area contributed by atoms with E-state index in [1.165, 1.54) is 0 Å². The van der Waals surface area contributed by atoms with Gasteiger partial charge < -0.3 is 4.74 Å². The number of rotatable bonds is 4. The molecule has 4 nitrogen and oxygen atoms in total. The van der Waals surface area contributed by atoms with Gasteiger partial charge in [-0.3, -0.25) is 9.80 Å². The van der Waals surface area contributed by atoms with Crippen molar-refractivity contribution in [1.82, 2.24) is 10.4 Å². The van der Waals surface area contributed by atoms with E-state index in [1.807, 2.05) is 31.2 Å². The van der Waals surface area contributed by atoms with Crippen molar-refractivity contribution >= 4 is 5.91 Å². The Hall–Kier alpha value is -1.55. The highest BCUT2D eigenvalue weighted by Crippen LogP contribution is 2.14. The third-order valence-corrected chi connectivity index (χ3v) is 2.75. The van der Waals surface area contributed by atoms with Crippen LogP contribution in [0.15, 0.2) is 24.3 Å². The highest BCUT2D eigenvalue weighted by molar-refractivity contribution is 5.76. The Morgan fingerprint density at radius 1 is 1.35 bits per heavy atom. The van der Waals surface area contributed by atoms with Gasteiger partial charge >= 0.3 is 0 Å². The molecule has 92 valence electrons. The summed E-state index contributed by atoms with van der Waals surface area (Å²) in [5.74, 6) is 1.04. The largest absolute Gasteiger partial charge is 0.494 e. The maximum absolute atomic E-state index is 11.6. The van der Waals surface area contributed by atoms with Gasteiger partial charge in [-0.05, 0) is 31.0 Å². The fraction of sp³-hybridized carbons (Fsp3) is 0.462. The van der Waals surface area contributed by atoms with Gasteiger partial charge in [0.2, 0.25) is 5.91 Å². The SMILES string of the molecule is CCOc1ccc(CN2NCCCC2=O)cc1. The van der Waals surface area contributed by atoms with Crippen LogP contribution >= 0.6 is 0 Å². The molecule has 0 bridgehead atoms. The molecule has 0 atom stereocenters. The molecule has 4 heteroatoms. The zero-order valence-electron chi connectivity index (χ0n) is 10.1. The number of nitrogens with one attached hydrogen (secondary N) is 1. The Labute approximate surface area is 102 Å². The quantitative estimate of drug-likeness (QED) is 0.862. The number of carbonyl (C=O) groups excluding carboxylic acids is 1. The van der Waals surface area contributed by atoms with E-state index in [9.17, 15) is 4.79 Å². The van der Waals surface area contributed by atoms with Crippen molar-refractivity contribution in [2.75, 3.05) is 13.2 Å². The molecule has 2 rings (SSSR count). The van der Waals surface area contributed by atoms with Crippen LogP contribution in [-0.2, 0) is 11.3 Å². The van der Waals surface area contributed by atoms with Crippen LogP contribution in [0.25, 0.3) is 0 Å². The first-order chi connectivity index (χ1) is 8.29. The lowest BCUT2D eigenvalue weighted by molar-refractivity contribution is -0.137. The molecule has 0 aliphatic carbocycles. The number of amides is 1. The summed E-state index contributed by atoms with van der Waals surface area (Å²) in [5.41, 5.74) is 4.22. The van der Waals surface area contributed by atoms with Gasteiger partial charge in [0.05, 0.1) is 13.2 Å². The fourth-order valence-corrected chi connectivity index (χ4v) is 1.86. The van der Waals surface area contributed by atoms with Gasteiger partial charge in [-0.1, -0.05) is 12.1 Å². The van der Waals surface area contributed by atoms with Gasteiger partial charge in [0.1, 0.15) is 5.75 Å². The molecule has 1 saturated heterocycles. The minimum atomic E-state index is 0.171. The van der Waals surface area contributed by atoms with E-state index in [2.05, 4.69) is 5.43 Å². The first-order valence-corrected chi connectivity index (χ1v) is 6.05. The summed E-state index contributed by atoms with van der Waals surface area (Å²) in [5, 5.41) is 1.69. The third-order valence-electron chi connectivity index (χ3n) is 2.75. The highest BCUT2D eigenvalue weighted by Gasteiger charge is 2.17. The van der Waals surface area contributed by atoms with E-state index in [4.69, 9.17) is 4.74 Å². The zero-order valence-corrected chi connectivity index (χ0v) is 10.1. The molecule has 1 aliphatic heterocycles. The zero-order chi connectivity index (χ0) is 12.1. The average Bonchev–Trinajstić information content (AvgIpc) is 2.35. The Bertz CT molecular complexity index is 376. The van der Waals surface area contributed by atoms with E-state index in [1.54, 1.807) is 5.01 Å². The molecule has 1 amide bonds. The van der Waals surface area contributed by atoms with Crippen LogP contribution in [0, 0.1) is 0 Å². The second-order valence-electron chi connectivity index (χ2n) is 4.07. The molecule has 17 heavy (non-hydrogen) atoms. The van der Waals surface area contributed by atoms with Gasteiger partial charge in [-0.15, -0.1) is 0 Å². The molecule has 1 fully saturated rings. The lowest BCUT2D eigenvalue weighted by atomic mass is 10.2. The topological polar surface area (TPSA) is 41.6 Å². The maximum atomic E-state index is 11.6. The molecule has 0 saturated carbocycles. The van der Waals surface area contributed by atoms with Crippen molar-refractivity contribution in [2.45, 2.75) is 26.3 Å². The van der Waals surface area contributed by atoms with Crippen LogP contribution in [0.5, 0.6) is 5.75 Å². The first kappa shape index (κ1) is 11.9. The van der Waals surface area contributed by atoms with Crippen LogP contribution in [0.3, 0.4) is 0 Å². The summed E-state index contributed by atoms with van der Waals surface area (Å²) in [4.78, 5) is 11.6. The molecule has 0 aromatic heterocycles. The first-order valence-electron chi connectivity index (χ1n) is 6.05. The maximum Gasteiger partial charge on any atom is 0.237 e. The highest BCUT2D eigenvalue weighted by atomic mass is 16.5. The molecular formula is C13H18N2O2. The lowest BCUT2D eigenvalue weighted by Gasteiger charge is -2.27. The van der Waals surface area contributed by atoms with E-state index < -0.39 is 0 Å². The predicted molar refractivity (Wildman–Crippen MR) is 65.4 cm³/mol. The molecular weight excluding hydrogens is 216 g/mol. The standard InChI is InChI=1S/C13H18N2O2/c1-2-17-12-7-5-11(6-8-12)10-15-13(16)4-3-9-14-15/h5-8,14H,2-4,9-10H2,1H3. The Morgan fingerprint density at radius 3 is 2.76 bits per heavy atom.